The molecule has 0 aromatic heterocycles. The van der Waals surface area contributed by atoms with Gasteiger partial charge < -0.3 is 9.84 Å². The molecule has 2 rings (SSSR count). The second-order valence-corrected chi connectivity index (χ2v) is 3.97. The van der Waals surface area contributed by atoms with E-state index in [0.717, 1.165) is 0 Å². The third-order valence-corrected chi connectivity index (χ3v) is 2.66. The van der Waals surface area contributed by atoms with E-state index < -0.39 is 5.97 Å². The summed E-state index contributed by atoms with van der Waals surface area (Å²) in [7, 11) is 0. The molecule has 0 unspecified atom stereocenters. The fourth-order valence-electron chi connectivity index (χ4n) is 1.71. The Labute approximate surface area is 110 Å². The molecule has 94 valence electrons. The van der Waals surface area contributed by atoms with Crippen molar-refractivity contribution in [2.45, 2.75) is 6.92 Å². The Bertz CT molecular complexity index is 671. The zero-order valence-corrected chi connectivity index (χ0v) is 10.3. The van der Waals surface area contributed by atoms with Gasteiger partial charge in [0.1, 0.15) is 23.1 Å². The molecule has 2 aromatic carbocycles. The minimum atomic E-state index is -1.06. The van der Waals surface area contributed by atoms with Gasteiger partial charge in [0, 0.05) is 0 Å². The van der Waals surface area contributed by atoms with Crippen molar-refractivity contribution in [1.82, 2.24) is 0 Å². The van der Waals surface area contributed by atoms with Crippen molar-refractivity contribution < 1.29 is 14.6 Å². The second-order valence-electron chi connectivity index (χ2n) is 3.97. The van der Waals surface area contributed by atoms with E-state index in [2.05, 4.69) is 0 Å². The van der Waals surface area contributed by atoms with Crippen LogP contribution in [0.5, 0.6) is 11.5 Å². The van der Waals surface area contributed by atoms with E-state index in [1.165, 1.54) is 6.07 Å². The van der Waals surface area contributed by atoms with Gasteiger partial charge in [-0.15, -0.1) is 0 Å². The molecule has 0 aliphatic rings. The maximum absolute atomic E-state index is 11.2. The van der Waals surface area contributed by atoms with Crippen LogP contribution in [0.25, 0.3) is 0 Å². The van der Waals surface area contributed by atoms with E-state index >= 15 is 0 Å². The highest BCUT2D eigenvalue weighted by molar-refractivity contribution is 5.91. The molecular weight excluding hydrogens is 242 g/mol. The molecule has 1 N–H and O–H groups in total. The molecule has 0 bridgehead atoms. The molecule has 0 saturated heterocycles. The summed E-state index contributed by atoms with van der Waals surface area (Å²) in [6.07, 6.45) is 0. The highest BCUT2D eigenvalue weighted by Crippen LogP contribution is 2.30. The maximum Gasteiger partial charge on any atom is 0.339 e. The Morgan fingerprint density at radius 2 is 1.95 bits per heavy atom. The summed E-state index contributed by atoms with van der Waals surface area (Å²) in [6.45, 7) is 1.76. The van der Waals surface area contributed by atoms with Crippen molar-refractivity contribution in [1.29, 1.82) is 5.26 Å². The van der Waals surface area contributed by atoms with Crippen LogP contribution in [-0.2, 0) is 0 Å². The van der Waals surface area contributed by atoms with Crippen LogP contribution < -0.4 is 4.74 Å². The second kappa shape index (κ2) is 5.23. The van der Waals surface area contributed by atoms with Crippen molar-refractivity contribution in [3.8, 4) is 17.6 Å². The maximum atomic E-state index is 11.2. The van der Waals surface area contributed by atoms with Gasteiger partial charge in [-0.05, 0) is 30.7 Å². The molecule has 0 spiro atoms. The molecule has 4 nitrogen and oxygen atoms in total. The zero-order chi connectivity index (χ0) is 13.8. The van der Waals surface area contributed by atoms with E-state index in [0.29, 0.717) is 16.9 Å². The first kappa shape index (κ1) is 12.7. The first-order valence-corrected chi connectivity index (χ1v) is 5.63. The highest BCUT2D eigenvalue weighted by atomic mass is 16.5. The first-order valence-electron chi connectivity index (χ1n) is 5.63. The lowest BCUT2D eigenvalue weighted by Crippen LogP contribution is -2.02. The number of nitriles is 1. The van der Waals surface area contributed by atoms with Gasteiger partial charge in [-0.1, -0.05) is 24.3 Å². The lowest BCUT2D eigenvalue weighted by atomic mass is 10.1. The molecule has 0 atom stereocenters. The van der Waals surface area contributed by atoms with Crippen LogP contribution in [0.4, 0.5) is 0 Å². The molecule has 4 heteroatoms. The van der Waals surface area contributed by atoms with Crippen LogP contribution in [0.2, 0.25) is 0 Å². The summed E-state index contributed by atoms with van der Waals surface area (Å²) in [5.74, 6) is -0.451. The minimum absolute atomic E-state index is 0.0766. The average molecular weight is 253 g/mol. The molecule has 0 aliphatic heterocycles. The number of benzene rings is 2. The van der Waals surface area contributed by atoms with Crippen molar-refractivity contribution in [2.75, 3.05) is 0 Å². The van der Waals surface area contributed by atoms with E-state index in [4.69, 9.17) is 15.1 Å². The van der Waals surface area contributed by atoms with Gasteiger partial charge in [-0.25, -0.2) is 4.79 Å². The predicted molar refractivity (Wildman–Crippen MR) is 69.4 cm³/mol. The number of nitrogens with zero attached hydrogens (tertiary/aromatic N) is 1. The Kier molecular flexibility index (Phi) is 3.48. The lowest BCUT2D eigenvalue weighted by Gasteiger charge is -2.12. The van der Waals surface area contributed by atoms with Crippen LogP contribution in [0.15, 0.2) is 42.5 Å². The van der Waals surface area contributed by atoms with E-state index in [1.807, 2.05) is 6.07 Å². The van der Waals surface area contributed by atoms with Gasteiger partial charge in [0.15, 0.2) is 0 Å². The quantitative estimate of drug-likeness (QED) is 0.910. The summed E-state index contributed by atoms with van der Waals surface area (Å²) in [5.41, 5.74) is 1.14. The number of para-hydroxylation sites is 2. The van der Waals surface area contributed by atoms with Crippen LogP contribution in [0.3, 0.4) is 0 Å². The van der Waals surface area contributed by atoms with E-state index in [1.54, 1.807) is 43.3 Å². The number of carbonyl (C=O) groups is 1. The average Bonchev–Trinajstić information content (AvgIpc) is 2.41. The standard InChI is InChI=1S/C15H11NO3/c1-10-5-4-7-12(15(17)18)14(10)19-13-8-3-2-6-11(13)9-16/h2-8H,1H3,(H,17,18). The van der Waals surface area contributed by atoms with Gasteiger partial charge in [0.25, 0.3) is 0 Å². The number of aryl methyl sites for hydroxylation is 1. The summed E-state index contributed by atoms with van der Waals surface area (Å²) in [5, 5.41) is 18.1. The third kappa shape index (κ3) is 2.55. The Hall–Kier alpha value is -2.80. The molecule has 0 heterocycles. The smallest absolute Gasteiger partial charge is 0.339 e. The molecule has 0 saturated carbocycles. The molecule has 0 radical (unpaired) electrons. The van der Waals surface area contributed by atoms with E-state index in [-0.39, 0.29) is 11.3 Å². The normalized spacial score (nSPS) is 9.68. The molecule has 2 aromatic rings. The van der Waals surface area contributed by atoms with Crippen LogP contribution in [0, 0.1) is 18.3 Å². The number of hydrogen-bond acceptors (Lipinski definition) is 3. The topological polar surface area (TPSA) is 70.3 Å². The summed E-state index contributed by atoms with van der Waals surface area (Å²) < 4.78 is 5.62. The fraction of sp³-hybridized carbons (Fsp3) is 0.0667. The highest BCUT2D eigenvalue weighted by Gasteiger charge is 2.15. The van der Waals surface area contributed by atoms with Crippen LogP contribution in [-0.4, -0.2) is 11.1 Å². The first-order chi connectivity index (χ1) is 9.13. The number of carboxylic acid groups (broad SMARTS) is 1. The monoisotopic (exact) mass is 253 g/mol. The number of aromatic carboxylic acids is 1. The largest absolute Gasteiger partial charge is 0.478 e. The lowest BCUT2D eigenvalue weighted by molar-refractivity contribution is 0.0694. The van der Waals surface area contributed by atoms with E-state index in [9.17, 15) is 4.79 Å². The third-order valence-electron chi connectivity index (χ3n) is 2.66. The number of hydrogen-bond donors (Lipinski definition) is 1. The molecular formula is C15H11NO3. The molecule has 19 heavy (non-hydrogen) atoms. The molecule has 0 fully saturated rings. The minimum Gasteiger partial charge on any atom is -0.478 e. The van der Waals surface area contributed by atoms with Crippen LogP contribution in [0.1, 0.15) is 21.5 Å². The van der Waals surface area contributed by atoms with Crippen molar-refractivity contribution >= 4 is 5.97 Å². The zero-order valence-electron chi connectivity index (χ0n) is 10.3. The van der Waals surface area contributed by atoms with Gasteiger partial charge in [0.05, 0.1) is 5.56 Å². The summed E-state index contributed by atoms with van der Waals surface area (Å²) in [4.78, 5) is 11.2. The fourth-order valence-corrected chi connectivity index (χ4v) is 1.71. The van der Waals surface area contributed by atoms with Gasteiger partial charge in [-0.2, -0.15) is 5.26 Å². The van der Waals surface area contributed by atoms with Crippen LogP contribution >= 0.6 is 0 Å². The summed E-state index contributed by atoms with van der Waals surface area (Å²) >= 11 is 0. The Morgan fingerprint density at radius 1 is 1.21 bits per heavy atom. The number of rotatable bonds is 3. The number of carboxylic acids is 1. The predicted octanol–water partition coefficient (Wildman–Crippen LogP) is 3.36. The van der Waals surface area contributed by atoms with Gasteiger partial charge in [-0.3, -0.25) is 0 Å². The molecule has 0 amide bonds. The van der Waals surface area contributed by atoms with Gasteiger partial charge >= 0.3 is 5.97 Å². The number of ether oxygens (including phenoxy) is 1. The Morgan fingerprint density at radius 3 is 2.63 bits per heavy atom. The summed E-state index contributed by atoms with van der Waals surface area (Å²) in [6, 6.07) is 13.6. The SMILES string of the molecule is Cc1cccc(C(=O)O)c1Oc1ccccc1C#N. The molecule has 0 aliphatic carbocycles. The van der Waals surface area contributed by atoms with Crippen molar-refractivity contribution in [2.24, 2.45) is 0 Å². The van der Waals surface area contributed by atoms with Crippen molar-refractivity contribution in [3.63, 3.8) is 0 Å². The van der Waals surface area contributed by atoms with Crippen molar-refractivity contribution in [3.05, 3.63) is 59.2 Å². The van der Waals surface area contributed by atoms with Gasteiger partial charge in [0.2, 0.25) is 0 Å². The Balaban J connectivity index is 2.50.